The smallest absolute Gasteiger partial charge is 0.0625 e. The quantitative estimate of drug-likeness (QED) is 0.591. The number of hydrogen-bond acceptors (Lipinski definition) is 1. The van der Waals surface area contributed by atoms with E-state index in [2.05, 4.69) is 38.8 Å². The summed E-state index contributed by atoms with van der Waals surface area (Å²) < 4.78 is 0. The molecule has 0 aromatic carbocycles. The number of aliphatic imine (C=N–C) groups is 1. The molecule has 0 aromatic heterocycles. The first-order valence-corrected chi connectivity index (χ1v) is 4.66. The second-order valence-electron chi connectivity index (χ2n) is 3.15. The van der Waals surface area contributed by atoms with Crippen LogP contribution in [0.4, 0.5) is 0 Å². The van der Waals surface area contributed by atoms with E-state index in [0.717, 1.165) is 12.8 Å². The number of nitrogens with zero attached hydrogens (tertiary/aromatic N) is 1. The van der Waals surface area contributed by atoms with Crippen molar-refractivity contribution in [2.45, 2.75) is 40.5 Å². The van der Waals surface area contributed by atoms with Gasteiger partial charge in [-0.15, -0.1) is 0 Å². The Labute approximate surface area is 74.9 Å². The van der Waals surface area contributed by atoms with Crippen molar-refractivity contribution in [3.05, 3.63) is 22.9 Å². The molecule has 1 heteroatoms. The largest absolute Gasteiger partial charge is 0.254 e. The minimum atomic E-state index is 1.07. The van der Waals surface area contributed by atoms with Crippen LogP contribution in [-0.4, -0.2) is 5.71 Å². The summed E-state index contributed by atoms with van der Waals surface area (Å²) in [5.41, 5.74) is 5.19. The lowest BCUT2D eigenvalue weighted by Gasteiger charge is -1.98. The van der Waals surface area contributed by atoms with Gasteiger partial charge < -0.3 is 0 Å². The third kappa shape index (κ3) is 1.50. The molecule has 0 amide bonds. The number of hydrogen-bond donors (Lipinski definition) is 0. The summed E-state index contributed by atoms with van der Waals surface area (Å²) in [7, 11) is 0. The molecule has 0 N–H and O–H groups in total. The summed E-state index contributed by atoms with van der Waals surface area (Å²) in [6.45, 7) is 8.60. The van der Waals surface area contributed by atoms with E-state index < -0.39 is 0 Å². The molecule has 1 aliphatic heterocycles. The minimum absolute atomic E-state index is 1.07. The van der Waals surface area contributed by atoms with Crippen LogP contribution in [-0.2, 0) is 0 Å². The predicted octanol–water partition coefficient (Wildman–Crippen LogP) is 3.48. The van der Waals surface area contributed by atoms with Gasteiger partial charge in [0.15, 0.2) is 0 Å². The molecule has 66 valence electrons. The molecule has 0 saturated carbocycles. The van der Waals surface area contributed by atoms with E-state index in [1.807, 2.05) is 0 Å². The standard InChI is InChI=1S/C11H17N/c1-5-7-11-8(3)10(6-2)9(4)12-11/h7H,5-6H2,1-4H3/b11-7+. The Morgan fingerprint density at radius 1 is 1.25 bits per heavy atom. The van der Waals surface area contributed by atoms with Gasteiger partial charge >= 0.3 is 0 Å². The highest BCUT2D eigenvalue weighted by Crippen LogP contribution is 2.26. The van der Waals surface area contributed by atoms with Gasteiger partial charge in [-0.25, -0.2) is 0 Å². The summed E-state index contributed by atoms with van der Waals surface area (Å²) in [4.78, 5) is 4.52. The van der Waals surface area contributed by atoms with Crippen LogP contribution in [0.25, 0.3) is 0 Å². The molecular weight excluding hydrogens is 146 g/mol. The van der Waals surface area contributed by atoms with E-state index in [9.17, 15) is 0 Å². The van der Waals surface area contributed by atoms with Gasteiger partial charge in [-0.3, -0.25) is 4.99 Å². The Hall–Kier alpha value is -0.850. The normalized spacial score (nSPS) is 20.7. The van der Waals surface area contributed by atoms with Gasteiger partial charge in [0.05, 0.1) is 5.70 Å². The van der Waals surface area contributed by atoms with Gasteiger partial charge in [-0.05, 0) is 37.8 Å². The van der Waals surface area contributed by atoms with Crippen molar-refractivity contribution in [2.75, 3.05) is 0 Å². The number of allylic oxidation sites excluding steroid dienone is 3. The van der Waals surface area contributed by atoms with Crippen molar-refractivity contribution in [1.29, 1.82) is 0 Å². The average Bonchev–Trinajstić information content (AvgIpc) is 2.29. The van der Waals surface area contributed by atoms with E-state index in [0.29, 0.717) is 0 Å². The maximum absolute atomic E-state index is 4.52. The van der Waals surface area contributed by atoms with Gasteiger partial charge in [-0.2, -0.15) is 0 Å². The van der Waals surface area contributed by atoms with Gasteiger partial charge in [0, 0.05) is 5.71 Å². The van der Waals surface area contributed by atoms with Crippen LogP contribution < -0.4 is 0 Å². The summed E-state index contributed by atoms with van der Waals surface area (Å²) in [5, 5.41) is 0. The van der Waals surface area contributed by atoms with E-state index in [1.165, 1.54) is 22.6 Å². The van der Waals surface area contributed by atoms with E-state index in [4.69, 9.17) is 0 Å². The molecule has 0 spiro atoms. The molecule has 1 nitrogen and oxygen atoms in total. The summed E-state index contributed by atoms with van der Waals surface area (Å²) in [6.07, 6.45) is 4.37. The Balaban J connectivity index is 3.01. The van der Waals surface area contributed by atoms with Crippen LogP contribution >= 0.6 is 0 Å². The maximum Gasteiger partial charge on any atom is 0.0625 e. The second kappa shape index (κ2) is 3.70. The SMILES string of the molecule is CC/C=C1/N=C(C)C(CC)=C1C. The van der Waals surface area contributed by atoms with Crippen molar-refractivity contribution in [1.82, 2.24) is 0 Å². The first-order valence-electron chi connectivity index (χ1n) is 4.66. The maximum atomic E-state index is 4.52. The van der Waals surface area contributed by atoms with Crippen LogP contribution in [0.2, 0.25) is 0 Å². The highest BCUT2D eigenvalue weighted by atomic mass is 14.8. The molecule has 0 unspecified atom stereocenters. The van der Waals surface area contributed by atoms with Crippen molar-refractivity contribution in [2.24, 2.45) is 4.99 Å². The molecule has 1 heterocycles. The molecular formula is C11H17N. The topological polar surface area (TPSA) is 12.4 Å². The molecule has 1 aliphatic rings. The Morgan fingerprint density at radius 3 is 2.33 bits per heavy atom. The molecule has 0 aliphatic carbocycles. The van der Waals surface area contributed by atoms with E-state index >= 15 is 0 Å². The molecule has 0 bridgehead atoms. The van der Waals surface area contributed by atoms with Crippen LogP contribution in [0.5, 0.6) is 0 Å². The first-order chi connectivity index (χ1) is 5.70. The fraction of sp³-hybridized carbons (Fsp3) is 0.545. The van der Waals surface area contributed by atoms with Gasteiger partial charge in [0.25, 0.3) is 0 Å². The lowest BCUT2D eigenvalue weighted by Crippen LogP contribution is -1.91. The molecule has 0 atom stereocenters. The first kappa shape index (κ1) is 9.24. The fourth-order valence-electron chi connectivity index (χ4n) is 1.67. The Bertz CT molecular complexity index is 267. The molecule has 12 heavy (non-hydrogen) atoms. The average molecular weight is 163 g/mol. The lowest BCUT2D eigenvalue weighted by molar-refractivity contribution is 1.13. The Kier molecular flexibility index (Phi) is 2.85. The van der Waals surface area contributed by atoms with Crippen LogP contribution in [0.1, 0.15) is 40.5 Å². The van der Waals surface area contributed by atoms with Crippen molar-refractivity contribution in [3.63, 3.8) is 0 Å². The number of rotatable bonds is 2. The van der Waals surface area contributed by atoms with Crippen molar-refractivity contribution in [3.8, 4) is 0 Å². The third-order valence-corrected chi connectivity index (χ3v) is 2.31. The second-order valence-corrected chi connectivity index (χ2v) is 3.15. The zero-order chi connectivity index (χ0) is 9.14. The van der Waals surface area contributed by atoms with Crippen LogP contribution in [0, 0.1) is 0 Å². The van der Waals surface area contributed by atoms with Gasteiger partial charge in [-0.1, -0.05) is 19.9 Å². The van der Waals surface area contributed by atoms with Crippen LogP contribution in [0.3, 0.4) is 0 Å². The molecule has 0 fully saturated rings. The highest BCUT2D eigenvalue weighted by Gasteiger charge is 2.14. The summed E-state index contributed by atoms with van der Waals surface area (Å²) >= 11 is 0. The molecule has 0 radical (unpaired) electrons. The van der Waals surface area contributed by atoms with E-state index in [-0.39, 0.29) is 0 Å². The highest BCUT2D eigenvalue weighted by molar-refractivity contribution is 6.02. The molecule has 0 aromatic rings. The van der Waals surface area contributed by atoms with Gasteiger partial charge in [0.1, 0.15) is 0 Å². The van der Waals surface area contributed by atoms with Crippen molar-refractivity contribution >= 4 is 5.71 Å². The fourth-order valence-corrected chi connectivity index (χ4v) is 1.67. The lowest BCUT2D eigenvalue weighted by atomic mass is 10.0. The van der Waals surface area contributed by atoms with Gasteiger partial charge in [0.2, 0.25) is 0 Å². The third-order valence-electron chi connectivity index (χ3n) is 2.31. The predicted molar refractivity (Wildman–Crippen MR) is 54.5 cm³/mol. The molecule has 1 rings (SSSR count). The summed E-state index contributed by atoms with van der Waals surface area (Å²) in [6, 6.07) is 0. The Morgan fingerprint density at radius 2 is 1.92 bits per heavy atom. The zero-order valence-electron chi connectivity index (χ0n) is 8.44. The zero-order valence-corrected chi connectivity index (χ0v) is 8.44. The monoisotopic (exact) mass is 163 g/mol. The van der Waals surface area contributed by atoms with E-state index in [1.54, 1.807) is 0 Å². The summed E-state index contributed by atoms with van der Waals surface area (Å²) in [5.74, 6) is 0. The van der Waals surface area contributed by atoms with Crippen molar-refractivity contribution < 1.29 is 0 Å². The van der Waals surface area contributed by atoms with Crippen LogP contribution in [0.15, 0.2) is 27.9 Å². The minimum Gasteiger partial charge on any atom is -0.254 e. The molecule has 0 saturated heterocycles.